The first-order chi connectivity index (χ1) is 11.1. The number of hydrogen-bond acceptors (Lipinski definition) is 3. The molecule has 2 fully saturated rings. The number of rotatable bonds is 6. The average molecular weight is 325 g/mol. The van der Waals surface area contributed by atoms with Gasteiger partial charge in [-0.25, -0.2) is 0 Å². The van der Waals surface area contributed by atoms with E-state index < -0.39 is 12.1 Å². The summed E-state index contributed by atoms with van der Waals surface area (Å²) in [5, 5.41) is 8.89. The molecule has 2 aliphatic rings. The van der Waals surface area contributed by atoms with Crippen LogP contribution in [0.4, 0.5) is 0 Å². The molecule has 1 aliphatic heterocycles. The highest BCUT2D eigenvalue weighted by molar-refractivity contribution is 5.81. The molecule has 0 aromatic rings. The van der Waals surface area contributed by atoms with Crippen molar-refractivity contribution in [2.45, 2.75) is 95.8 Å². The molecule has 1 saturated carbocycles. The van der Waals surface area contributed by atoms with Crippen molar-refractivity contribution in [3.05, 3.63) is 0 Å². The van der Waals surface area contributed by atoms with Gasteiger partial charge in [-0.15, -0.1) is 0 Å². The minimum atomic E-state index is -0.786. The molecule has 132 valence electrons. The van der Waals surface area contributed by atoms with Gasteiger partial charge < -0.3 is 14.7 Å². The highest BCUT2D eigenvalue weighted by Gasteiger charge is 2.31. The molecular weight excluding hydrogens is 294 g/mol. The molecule has 0 aromatic carbocycles. The number of amides is 1. The molecule has 1 aliphatic carbocycles. The van der Waals surface area contributed by atoms with Gasteiger partial charge in [0.25, 0.3) is 5.91 Å². The van der Waals surface area contributed by atoms with Gasteiger partial charge in [0.2, 0.25) is 0 Å². The number of hydrogen-bond donors (Lipinski definition) is 1. The number of carboxylic acids is 1. The van der Waals surface area contributed by atoms with Crippen molar-refractivity contribution >= 4 is 11.9 Å². The van der Waals surface area contributed by atoms with Crippen LogP contribution in [0.2, 0.25) is 0 Å². The second-order valence-electron chi connectivity index (χ2n) is 7.01. The zero-order valence-electron chi connectivity index (χ0n) is 14.3. The molecule has 0 radical (unpaired) electrons. The van der Waals surface area contributed by atoms with E-state index in [0.717, 1.165) is 38.6 Å². The van der Waals surface area contributed by atoms with Gasteiger partial charge in [-0.2, -0.15) is 0 Å². The molecule has 0 aromatic heterocycles. The lowest BCUT2D eigenvalue weighted by Crippen LogP contribution is -2.48. The number of aliphatic carboxylic acids is 1. The fourth-order valence-electron chi connectivity index (χ4n) is 3.84. The third-order valence-corrected chi connectivity index (χ3v) is 5.15. The quantitative estimate of drug-likeness (QED) is 0.760. The predicted molar refractivity (Wildman–Crippen MR) is 88.3 cm³/mol. The van der Waals surface area contributed by atoms with E-state index in [1.54, 1.807) is 0 Å². The van der Waals surface area contributed by atoms with E-state index in [4.69, 9.17) is 9.84 Å². The first-order valence-corrected chi connectivity index (χ1v) is 9.25. The molecule has 0 bridgehead atoms. The average Bonchev–Trinajstić information content (AvgIpc) is 2.81. The predicted octanol–water partition coefficient (Wildman–Crippen LogP) is 3.36. The maximum absolute atomic E-state index is 12.8. The summed E-state index contributed by atoms with van der Waals surface area (Å²) in [6.07, 6.45) is 10.5. The molecule has 1 N–H and O–H groups in total. The molecule has 5 heteroatoms. The third kappa shape index (κ3) is 5.79. The minimum Gasteiger partial charge on any atom is -0.481 e. The number of ether oxygens (including phenoxy) is 1. The lowest BCUT2D eigenvalue weighted by molar-refractivity contribution is -0.151. The number of likely N-dealkylation sites (tertiary alicyclic amines) is 1. The largest absolute Gasteiger partial charge is 0.481 e. The van der Waals surface area contributed by atoms with Gasteiger partial charge in [0, 0.05) is 19.0 Å². The van der Waals surface area contributed by atoms with Crippen molar-refractivity contribution in [3.8, 4) is 0 Å². The highest BCUT2D eigenvalue weighted by atomic mass is 16.5. The second-order valence-corrected chi connectivity index (χ2v) is 7.01. The zero-order valence-corrected chi connectivity index (χ0v) is 14.3. The van der Waals surface area contributed by atoms with Crippen LogP contribution >= 0.6 is 0 Å². The summed E-state index contributed by atoms with van der Waals surface area (Å²) in [5.41, 5.74) is 0. The Morgan fingerprint density at radius 2 is 1.74 bits per heavy atom. The fourth-order valence-corrected chi connectivity index (χ4v) is 3.84. The van der Waals surface area contributed by atoms with Crippen LogP contribution in [0.5, 0.6) is 0 Å². The van der Waals surface area contributed by atoms with E-state index in [1.807, 2.05) is 11.8 Å². The molecule has 1 saturated heterocycles. The standard InChI is InChI=1S/C18H31NO4/c1-14(23-16-9-4-2-3-5-10-16)18(22)19-13-7-6-8-15(19)11-12-17(20)21/h14-16H,2-13H2,1H3,(H,20,21). The van der Waals surface area contributed by atoms with Gasteiger partial charge in [0.1, 0.15) is 6.10 Å². The van der Waals surface area contributed by atoms with E-state index in [1.165, 1.54) is 25.7 Å². The van der Waals surface area contributed by atoms with Crippen molar-refractivity contribution < 1.29 is 19.4 Å². The van der Waals surface area contributed by atoms with Crippen LogP contribution in [0.15, 0.2) is 0 Å². The maximum Gasteiger partial charge on any atom is 0.303 e. The molecule has 1 heterocycles. The Labute approximate surface area is 139 Å². The fraction of sp³-hybridized carbons (Fsp3) is 0.889. The van der Waals surface area contributed by atoms with Crippen molar-refractivity contribution in [2.75, 3.05) is 6.54 Å². The first kappa shape index (κ1) is 18.2. The van der Waals surface area contributed by atoms with Crippen LogP contribution in [-0.4, -0.2) is 46.7 Å². The number of nitrogens with zero attached hydrogens (tertiary/aromatic N) is 1. The Bertz CT molecular complexity index is 390. The Kier molecular flexibility index (Phi) is 7.34. The van der Waals surface area contributed by atoms with Crippen molar-refractivity contribution in [2.24, 2.45) is 0 Å². The van der Waals surface area contributed by atoms with E-state index in [9.17, 15) is 9.59 Å². The summed E-state index contributed by atoms with van der Waals surface area (Å²) in [5.74, 6) is -0.741. The van der Waals surface area contributed by atoms with Gasteiger partial charge in [-0.05, 0) is 45.4 Å². The summed E-state index contributed by atoms with van der Waals surface area (Å²) in [7, 11) is 0. The van der Waals surface area contributed by atoms with Crippen LogP contribution in [0.3, 0.4) is 0 Å². The SMILES string of the molecule is CC(OC1CCCCCC1)C(=O)N1CCCCC1CCC(=O)O. The van der Waals surface area contributed by atoms with Crippen LogP contribution in [0.25, 0.3) is 0 Å². The Morgan fingerprint density at radius 3 is 2.39 bits per heavy atom. The van der Waals surface area contributed by atoms with Crippen LogP contribution in [0, 0.1) is 0 Å². The molecule has 0 spiro atoms. The Balaban J connectivity index is 1.88. The van der Waals surface area contributed by atoms with Crippen molar-refractivity contribution in [1.29, 1.82) is 0 Å². The van der Waals surface area contributed by atoms with Gasteiger partial charge in [-0.3, -0.25) is 9.59 Å². The van der Waals surface area contributed by atoms with Gasteiger partial charge in [0.15, 0.2) is 0 Å². The summed E-state index contributed by atoms with van der Waals surface area (Å²) in [4.78, 5) is 25.5. The third-order valence-electron chi connectivity index (χ3n) is 5.15. The summed E-state index contributed by atoms with van der Waals surface area (Å²) < 4.78 is 6.05. The second kappa shape index (κ2) is 9.26. The number of carbonyl (C=O) groups is 2. The van der Waals surface area contributed by atoms with Crippen LogP contribution in [0.1, 0.15) is 77.6 Å². The topological polar surface area (TPSA) is 66.8 Å². The highest BCUT2D eigenvalue weighted by Crippen LogP contribution is 2.25. The Morgan fingerprint density at radius 1 is 1.09 bits per heavy atom. The van der Waals surface area contributed by atoms with E-state index in [2.05, 4.69) is 0 Å². The Hall–Kier alpha value is -1.10. The maximum atomic E-state index is 12.8. The molecule has 5 nitrogen and oxygen atoms in total. The summed E-state index contributed by atoms with van der Waals surface area (Å²) in [6.45, 7) is 2.59. The normalized spacial score (nSPS) is 24.9. The minimum absolute atomic E-state index is 0.0457. The van der Waals surface area contributed by atoms with Gasteiger partial charge >= 0.3 is 5.97 Å². The summed E-state index contributed by atoms with van der Waals surface area (Å²) in [6, 6.07) is 0.0625. The molecule has 23 heavy (non-hydrogen) atoms. The molecular formula is C18H31NO4. The summed E-state index contributed by atoms with van der Waals surface area (Å²) >= 11 is 0. The molecule has 2 unspecified atom stereocenters. The number of piperidine rings is 1. The smallest absolute Gasteiger partial charge is 0.303 e. The molecule has 2 atom stereocenters. The van der Waals surface area contributed by atoms with Gasteiger partial charge in [-0.1, -0.05) is 25.7 Å². The molecule has 1 amide bonds. The lowest BCUT2D eigenvalue weighted by Gasteiger charge is -2.37. The van der Waals surface area contributed by atoms with E-state index >= 15 is 0 Å². The van der Waals surface area contributed by atoms with E-state index in [0.29, 0.717) is 6.42 Å². The van der Waals surface area contributed by atoms with Crippen LogP contribution in [-0.2, 0) is 14.3 Å². The lowest BCUT2D eigenvalue weighted by atomic mass is 9.97. The van der Waals surface area contributed by atoms with E-state index in [-0.39, 0.29) is 24.5 Å². The first-order valence-electron chi connectivity index (χ1n) is 9.25. The van der Waals surface area contributed by atoms with Crippen molar-refractivity contribution in [3.63, 3.8) is 0 Å². The van der Waals surface area contributed by atoms with Gasteiger partial charge in [0.05, 0.1) is 6.10 Å². The van der Waals surface area contributed by atoms with Crippen LogP contribution < -0.4 is 0 Å². The zero-order chi connectivity index (χ0) is 16.7. The number of carbonyl (C=O) groups excluding carboxylic acids is 1. The number of carboxylic acid groups (broad SMARTS) is 1. The molecule has 2 rings (SSSR count). The van der Waals surface area contributed by atoms with Crippen molar-refractivity contribution in [1.82, 2.24) is 4.90 Å². The monoisotopic (exact) mass is 325 g/mol.